The molecule has 1 aromatic carbocycles. The number of fused-ring (bicyclic) bond motifs is 4. The van der Waals surface area contributed by atoms with Crippen molar-refractivity contribution in [2.45, 2.75) is 39.5 Å². The molecule has 0 radical (unpaired) electrons. The molecular formula is C26H30N2O5. The van der Waals surface area contributed by atoms with Crippen LogP contribution in [-0.4, -0.2) is 41.7 Å². The van der Waals surface area contributed by atoms with Crippen LogP contribution in [0.5, 0.6) is 0 Å². The van der Waals surface area contributed by atoms with Crippen molar-refractivity contribution in [1.82, 2.24) is 4.90 Å². The van der Waals surface area contributed by atoms with Gasteiger partial charge in [0.2, 0.25) is 5.91 Å². The van der Waals surface area contributed by atoms with Gasteiger partial charge in [0.15, 0.2) is 0 Å². The number of hydrogen-bond acceptors (Lipinski definition) is 5. The largest absolute Gasteiger partial charge is 0.465 e. The van der Waals surface area contributed by atoms with E-state index >= 15 is 0 Å². The minimum atomic E-state index is -0.397. The highest BCUT2D eigenvalue weighted by atomic mass is 16.5. The highest BCUT2D eigenvalue weighted by Gasteiger charge is 2.43. The second-order valence-corrected chi connectivity index (χ2v) is 8.38. The monoisotopic (exact) mass is 450 g/mol. The summed E-state index contributed by atoms with van der Waals surface area (Å²) in [5.74, 6) is -0.253. The number of rotatable bonds is 6. The molecule has 3 unspecified atom stereocenters. The standard InChI is InChI=1S/C24H22N2O5.C2H6.H2/c1-13(27)31-12-21-19-10-15-8-14(15)9-18(19)17-3-2-16(11-20(17)21)25-22(28)6-7-26-23(29)4-5-24(26)30;1-2;/h2-5,9-11,14-15,21H,6-8,12H2,1H3,(H,25,28);1-2H3;1H. The second-order valence-electron chi connectivity index (χ2n) is 8.38. The number of nitrogens with zero attached hydrogens (tertiary/aromatic N) is 1. The molecule has 174 valence electrons. The molecule has 0 bridgehead atoms. The van der Waals surface area contributed by atoms with Gasteiger partial charge in [-0.15, -0.1) is 0 Å². The van der Waals surface area contributed by atoms with Gasteiger partial charge in [-0.2, -0.15) is 0 Å². The first-order valence-corrected chi connectivity index (χ1v) is 11.5. The van der Waals surface area contributed by atoms with Crippen molar-refractivity contribution in [3.8, 4) is 0 Å². The van der Waals surface area contributed by atoms with E-state index in [9.17, 15) is 19.2 Å². The highest BCUT2D eigenvalue weighted by molar-refractivity contribution is 6.13. The predicted octanol–water partition coefficient (Wildman–Crippen LogP) is 3.83. The first kappa shape index (κ1) is 22.7. The number of benzene rings is 1. The van der Waals surface area contributed by atoms with Gasteiger partial charge < -0.3 is 10.1 Å². The molecule has 0 saturated heterocycles. The molecule has 1 heterocycles. The fraction of sp³-hybridized carbons (Fsp3) is 0.385. The molecule has 3 amide bonds. The summed E-state index contributed by atoms with van der Waals surface area (Å²) < 4.78 is 5.35. The number of carbonyl (C=O) groups excluding carboxylic acids is 4. The second kappa shape index (κ2) is 9.17. The van der Waals surface area contributed by atoms with Crippen LogP contribution in [0.1, 0.15) is 52.1 Å². The zero-order chi connectivity index (χ0) is 23.7. The van der Waals surface area contributed by atoms with Crippen LogP contribution in [0.15, 0.2) is 48.1 Å². The fourth-order valence-corrected chi connectivity index (χ4v) is 4.61. The number of carbonyl (C=O) groups is 4. The van der Waals surface area contributed by atoms with Crippen LogP contribution >= 0.6 is 0 Å². The Hall–Kier alpha value is -3.48. The lowest BCUT2D eigenvalue weighted by atomic mass is 9.93. The number of nitrogens with one attached hydrogen (secondary N) is 1. The molecule has 1 aliphatic heterocycles. The van der Waals surface area contributed by atoms with Gasteiger partial charge in [0, 0.05) is 45.1 Å². The highest BCUT2D eigenvalue weighted by Crippen LogP contribution is 2.56. The molecule has 3 aliphatic carbocycles. The Labute approximate surface area is 194 Å². The molecule has 1 fully saturated rings. The topological polar surface area (TPSA) is 92.8 Å². The van der Waals surface area contributed by atoms with Crippen molar-refractivity contribution in [3.05, 3.63) is 59.2 Å². The number of hydrogen-bond donors (Lipinski definition) is 1. The van der Waals surface area contributed by atoms with Crippen molar-refractivity contribution in [3.63, 3.8) is 0 Å². The third-order valence-corrected chi connectivity index (χ3v) is 6.27. The van der Waals surface area contributed by atoms with Crippen LogP contribution in [0.3, 0.4) is 0 Å². The summed E-state index contributed by atoms with van der Waals surface area (Å²) in [4.78, 5) is 48.1. The maximum atomic E-state index is 12.4. The third kappa shape index (κ3) is 4.53. The molecule has 0 spiro atoms. The van der Waals surface area contributed by atoms with Gasteiger partial charge in [-0.1, -0.05) is 32.1 Å². The smallest absolute Gasteiger partial charge is 0.302 e. The van der Waals surface area contributed by atoms with Gasteiger partial charge in [-0.3, -0.25) is 24.1 Å². The van der Waals surface area contributed by atoms with E-state index in [0.717, 1.165) is 16.0 Å². The maximum absolute atomic E-state index is 12.4. The van der Waals surface area contributed by atoms with Crippen molar-refractivity contribution < 1.29 is 25.3 Å². The third-order valence-electron chi connectivity index (χ3n) is 6.27. The van der Waals surface area contributed by atoms with E-state index in [1.165, 1.54) is 36.6 Å². The number of ether oxygens (including phenoxy) is 1. The normalized spacial score (nSPS) is 23.5. The quantitative estimate of drug-likeness (QED) is 0.525. The molecule has 1 saturated carbocycles. The molecule has 4 aliphatic rings. The van der Waals surface area contributed by atoms with Crippen molar-refractivity contribution in [2.24, 2.45) is 11.8 Å². The average molecular weight is 451 g/mol. The van der Waals surface area contributed by atoms with Crippen LogP contribution < -0.4 is 5.32 Å². The summed E-state index contributed by atoms with van der Waals surface area (Å²) in [5, 5.41) is 2.85. The Morgan fingerprint density at radius 1 is 1.12 bits per heavy atom. The molecule has 7 heteroatoms. The van der Waals surface area contributed by atoms with Crippen molar-refractivity contribution in [2.75, 3.05) is 18.5 Å². The first-order chi connectivity index (χ1) is 15.9. The van der Waals surface area contributed by atoms with Crippen molar-refractivity contribution >= 4 is 35.0 Å². The zero-order valence-electron chi connectivity index (χ0n) is 19.1. The molecule has 33 heavy (non-hydrogen) atoms. The van der Waals surface area contributed by atoms with Gasteiger partial charge in [0.25, 0.3) is 11.8 Å². The fourth-order valence-electron chi connectivity index (χ4n) is 4.61. The van der Waals surface area contributed by atoms with E-state index < -0.39 is 11.8 Å². The summed E-state index contributed by atoms with van der Waals surface area (Å²) in [5.41, 5.74) is 5.20. The summed E-state index contributed by atoms with van der Waals surface area (Å²) in [7, 11) is 0. The molecule has 7 nitrogen and oxygen atoms in total. The molecule has 0 aromatic heterocycles. The SMILES string of the molecule is CC.CC(=O)OCC1C2=CC3CC3C=C2c2ccc(NC(=O)CCN3C(=O)C=CC3=O)cc21.[HH]. The van der Waals surface area contributed by atoms with E-state index in [2.05, 4.69) is 17.5 Å². The molecular weight excluding hydrogens is 420 g/mol. The van der Waals surface area contributed by atoms with Gasteiger partial charge in [0.05, 0.1) is 0 Å². The van der Waals surface area contributed by atoms with E-state index in [1.54, 1.807) is 0 Å². The maximum Gasteiger partial charge on any atom is 0.302 e. The average Bonchev–Trinajstić information content (AvgIpc) is 3.41. The van der Waals surface area contributed by atoms with Crippen LogP contribution in [0.25, 0.3) is 5.57 Å². The van der Waals surface area contributed by atoms with Gasteiger partial charge >= 0.3 is 5.97 Å². The minimum absolute atomic E-state index is 0. The summed E-state index contributed by atoms with van der Waals surface area (Å²) >= 11 is 0. The van der Waals surface area contributed by atoms with E-state index in [1.807, 2.05) is 32.0 Å². The first-order valence-electron chi connectivity index (χ1n) is 11.5. The minimum Gasteiger partial charge on any atom is -0.465 e. The van der Waals surface area contributed by atoms with Crippen LogP contribution in [0.2, 0.25) is 0 Å². The Balaban J connectivity index is 0.00000105. The van der Waals surface area contributed by atoms with Crippen LogP contribution in [0, 0.1) is 11.8 Å². The number of esters is 1. The van der Waals surface area contributed by atoms with Crippen molar-refractivity contribution in [1.29, 1.82) is 0 Å². The molecule has 1 aromatic rings. The lowest BCUT2D eigenvalue weighted by Gasteiger charge is -2.16. The van der Waals surface area contributed by atoms with Gasteiger partial charge in [-0.25, -0.2) is 0 Å². The van der Waals surface area contributed by atoms with Crippen LogP contribution in [0.4, 0.5) is 5.69 Å². The lowest BCUT2D eigenvalue weighted by Crippen LogP contribution is -2.33. The van der Waals surface area contributed by atoms with E-state index in [-0.39, 0.29) is 38.8 Å². The van der Waals surface area contributed by atoms with E-state index in [0.29, 0.717) is 17.5 Å². The summed E-state index contributed by atoms with van der Waals surface area (Å²) in [6.45, 7) is 5.71. The Morgan fingerprint density at radius 3 is 2.52 bits per heavy atom. The summed E-state index contributed by atoms with van der Waals surface area (Å²) in [6.07, 6.45) is 8.24. The zero-order valence-corrected chi connectivity index (χ0v) is 19.1. The van der Waals surface area contributed by atoms with E-state index in [4.69, 9.17) is 4.74 Å². The Bertz CT molecular complexity index is 1100. The number of amides is 3. The van der Waals surface area contributed by atoms with Crippen LogP contribution in [-0.2, 0) is 23.9 Å². The Kier molecular flexibility index (Phi) is 6.31. The molecule has 5 rings (SSSR count). The van der Waals surface area contributed by atoms with Gasteiger partial charge in [0.1, 0.15) is 6.61 Å². The Morgan fingerprint density at radius 2 is 1.82 bits per heavy atom. The number of anilines is 1. The molecule has 3 atom stereocenters. The summed E-state index contributed by atoms with van der Waals surface area (Å²) in [6, 6.07) is 5.79. The van der Waals surface area contributed by atoms with Gasteiger partial charge in [-0.05, 0) is 52.7 Å². The lowest BCUT2D eigenvalue weighted by molar-refractivity contribution is -0.141. The molecule has 1 N–H and O–H groups in total. The predicted molar refractivity (Wildman–Crippen MR) is 126 cm³/mol. The number of allylic oxidation sites excluding steroid dienone is 3. The number of imide groups is 1.